The number of carbonyl (C=O) groups is 1. The first-order chi connectivity index (χ1) is 10.8. The quantitative estimate of drug-likeness (QED) is 0.790. The second kappa shape index (κ2) is 6.75. The van der Waals surface area contributed by atoms with Gasteiger partial charge in [-0.2, -0.15) is 0 Å². The van der Waals surface area contributed by atoms with E-state index in [1.807, 2.05) is 36.4 Å². The summed E-state index contributed by atoms with van der Waals surface area (Å²) in [5, 5.41) is 0. The SMILES string of the molecule is COc1cccc(C(=O)c2ccccc2CN2CCCC2)c1. The highest BCUT2D eigenvalue weighted by atomic mass is 16.5. The molecule has 0 atom stereocenters. The zero-order valence-corrected chi connectivity index (χ0v) is 12.9. The summed E-state index contributed by atoms with van der Waals surface area (Å²) in [5.41, 5.74) is 2.58. The van der Waals surface area contributed by atoms with E-state index >= 15 is 0 Å². The van der Waals surface area contributed by atoms with E-state index in [4.69, 9.17) is 4.74 Å². The largest absolute Gasteiger partial charge is 0.497 e. The average Bonchev–Trinajstić information content (AvgIpc) is 3.08. The molecule has 0 aromatic heterocycles. The lowest BCUT2D eigenvalue weighted by atomic mass is 9.98. The maximum atomic E-state index is 12.8. The summed E-state index contributed by atoms with van der Waals surface area (Å²) in [6.07, 6.45) is 2.51. The fraction of sp³-hybridized carbons (Fsp3) is 0.316. The van der Waals surface area contributed by atoms with Crippen LogP contribution in [-0.2, 0) is 6.54 Å². The molecule has 0 unspecified atom stereocenters. The predicted molar refractivity (Wildman–Crippen MR) is 87.4 cm³/mol. The van der Waals surface area contributed by atoms with Crippen LogP contribution in [0.25, 0.3) is 0 Å². The zero-order valence-electron chi connectivity index (χ0n) is 12.9. The number of hydrogen-bond acceptors (Lipinski definition) is 3. The molecule has 0 bridgehead atoms. The van der Waals surface area contributed by atoms with Gasteiger partial charge in [-0.05, 0) is 43.6 Å². The molecule has 1 heterocycles. The Labute approximate surface area is 131 Å². The number of ketones is 1. The van der Waals surface area contributed by atoms with Crippen molar-refractivity contribution in [2.24, 2.45) is 0 Å². The standard InChI is InChI=1S/C19H21NO2/c1-22-17-9-6-8-15(13-17)19(21)18-10-3-2-7-16(18)14-20-11-4-5-12-20/h2-3,6-10,13H,4-5,11-12,14H2,1H3. The van der Waals surface area contributed by atoms with Crippen molar-refractivity contribution in [3.8, 4) is 5.75 Å². The third-order valence-electron chi connectivity index (χ3n) is 4.19. The Morgan fingerprint density at radius 1 is 1.09 bits per heavy atom. The number of hydrogen-bond donors (Lipinski definition) is 0. The number of nitrogens with zero attached hydrogens (tertiary/aromatic N) is 1. The van der Waals surface area contributed by atoms with E-state index in [-0.39, 0.29) is 5.78 Å². The van der Waals surface area contributed by atoms with Crippen LogP contribution in [0.5, 0.6) is 5.75 Å². The summed E-state index contributed by atoms with van der Waals surface area (Å²) in [4.78, 5) is 15.2. The Morgan fingerprint density at radius 2 is 1.86 bits per heavy atom. The molecule has 2 aromatic rings. The minimum absolute atomic E-state index is 0.0636. The van der Waals surface area contributed by atoms with Gasteiger partial charge in [0, 0.05) is 17.7 Å². The molecule has 3 rings (SSSR count). The number of likely N-dealkylation sites (tertiary alicyclic amines) is 1. The second-order valence-electron chi connectivity index (χ2n) is 5.70. The van der Waals surface area contributed by atoms with Crippen molar-refractivity contribution >= 4 is 5.78 Å². The van der Waals surface area contributed by atoms with E-state index in [0.29, 0.717) is 11.3 Å². The predicted octanol–water partition coefficient (Wildman–Crippen LogP) is 3.52. The van der Waals surface area contributed by atoms with Gasteiger partial charge in [-0.15, -0.1) is 0 Å². The van der Waals surface area contributed by atoms with Gasteiger partial charge in [-0.1, -0.05) is 36.4 Å². The van der Waals surface area contributed by atoms with Crippen molar-refractivity contribution in [2.45, 2.75) is 19.4 Å². The highest BCUT2D eigenvalue weighted by Gasteiger charge is 2.17. The Balaban J connectivity index is 1.88. The van der Waals surface area contributed by atoms with E-state index < -0.39 is 0 Å². The maximum Gasteiger partial charge on any atom is 0.193 e. The van der Waals surface area contributed by atoms with E-state index in [0.717, 1.165) is 30.8 Å². The van der Waals surface area contributed by atoms with E-state index in [2.05, 4.69) is 11.0 Å². The molecule has 3 nitrogen and oxygen atoms in total. The van der Waals surface area contributed by atoms with Gasteiger partial charge < -0.3 is 4.74 Å². The number of rotatable bonds is 5. The van der Waals surface area contributed by atoms with Gasteiger partial charge in [-0.3, -0.25) is 9.69 Å². The highest BCUT2D eigenvalue weighted by molar-refractivity contribution is 6.10. The number of ether oxygens (including phenoxy) is 1. The molecule has 0 amide bonds. The van der Waals surface area contributed by atoms with Crippen molar-refractivity contribution in [2.75, 3.05) is 20.2 Å². The van der Waals surface area contributed by atoms with E-state index in [9.17, 15) is 4.79 Å². The lowest BCUT2D eigenvalue weighted by Gasteiger charge is -2.17. The minimum Gasteiger partial charge on any atom is -0.497 e. The molecule has 22 heavy (non-hydrogen) atoms. The van der Waals surface area contributed by atoms with Crippen LogP contribution in [0.15, 0.2) is 48.5 Å². The van der Waals surface area contributed by atoms with E-state index in [1.54, 1.807) is 13.2 Å². The number of carbonyl (C=O) groups excluding carboxylic acids is 1. The topological polar surface area (TPSA) is 29.5 Å². The summed E-state index contributed by atoms with van der Waals surface area (Å²) in [7, 11) is 1.62. The van der Waals surface area contributed by atoms with Crippen LogP contribution in [0.2, 0.25) is 0 Å². The summed E-state index contributed by atoms with van der Waals surface area (Å²) in [6.45, 7) is 3.11. The molecule has 0 N–H and O–H groups in total. The third-order valence-corrected chi connectivity index (χ3v) is 4.19. The number of benzene rings is 2. The zero-order chi connectivity index (χ0) is 15.4. The number of methoxy groups -OCH3 is 1. The van der Waals surface area contributed by atoms with Crippen LogP contribution in [-0.4, -0.2) is 30.9 Å². The van der Waals surface area contributed by atoms with Crippen LogP contribution in [0.1, 0.15) is 34.3 Å². The van der Waals surface area contributed by atoms with Crippen LogP contribution in [0, 0.1) is 0 Å². The first-order valence-corrected chi connectivity index (χ1v) is 7.77. The van der Waals surface area contributed by atoms with Crippen LogP contribution in [0.4, 0.5) is 0 Å². The van der Waals surface area contributed by atoms with Gasteiger partial charge in [0.15, 0.2) is 5.78 Å². The Kier molecular flexibility index (Phi) is 4.54. The molecule has 0 radical (unpaired) electrons. The molecule has 0 spiro atoms. The maximum absolute atomic E-state index is 12.8. The molecule has 1 fully saturated rings. The summed E-state index contributed by atoms with van der Waals surface area (Å²) in [5.74, 6) is 0.775. The van der Waals surface area contributed by atoms with Gasteiger partial charge >= 0.3 is 0 Å². The smallest absolute Gasteiger partial charge is 0.193 e. The molecule has 0 saturated carbocycles. The van der Waals surface area contributed by atoms with Gasteiger partial charge in [0.05, 0.1) is 7.11 Å². The first kappa shape index (κ1) is 14.8. The lowest BCUT2D eigenvalue weighted by molar-refractivity contribution is 0.103. The molecule has 1 aliphatic rings. The van der Waals surface area contributed by atoms with E-state index in [1.165, 1.54) is 12.8 Å². The van der Waals surface area contributed by atoms with Crippen molar-refractivity contribution < 1.29 is 9.53 Å². The molecule has 2 aromatic carbocycles. The molecule has 3 heteroatoms. The summed E-state index contributed by atoms with van der Waals surface area (Å²) >= 11 is 0. The van der Waals surface area contributed by atoms with Crippen molar-refractivity contribution in [1.29, 1.82) is 0 Å². The molecular weight excluding hydrogens is 274 g/mol. The third kappa shape index (κ3) is 3.20. The molecule has 114 valence electrons. The van der Waals surface area contributed by atoms with Gasteiger partial charge in [0.25, 0.3) is 0 Å². The second-order valence-corrected chi connectivity index (χ2v) is 5.70. The fourth-order valence-corrected chi connectivity index (χ4v) is 2.98. The summed E-state index contributed by atoms with van der Waals surface area (Å²) < 4.78 is 5.22. The van der Waals surface area contributed by atoms with Crippen LogP contribution >= 0.6 is 0 Å². The van der Waals surface area contributed by atoms with Crippen molar-refractivity contribution in [3.05, 3.63) is 65.2 Å². The van der Waals surface area contributed by atoms with Gasteiger partial charge in [0.1, 0.15) is 5.75 Å². The Morgan fingerprint density at radius 3 is 2.64 bits per heavy atom. The Bertz CT molecular complexity index is 660. The normalized spacial score (nSPS) is 15.0. The monoisotopic (exact) mass is 295 g/mol. The average molecular weight is 295 g/mol. The van der Waals surface area contributed by atoms with Gasteiger partial charge in [0.2, 0.25) is 0 Å². The summed E-state index contributed by atoms with van der Waals surface area (Å²) in [6, 6.07) is 15.3. The Hall–Kier alpha value is -2.13. The molecule has 1 saturated heterocycles. The fourth-order valence-electron chi connectivity index (χ4n) is 2.98. The van der Waals surface area contributed by atoms with Crippen LogP contribution in [0.3, 0.4) is 0 Å². The van der Waals surface area contributed by atoms with Crippen molar-refractivity contribution in [1.82, 2.24) is 4.90 Å². The van der Waals surface area contributed by atoms with Crippen LogP contribution < -0.4 is 4.74 Å². The molecular formula is C19H21NO2. The van der Waals surface area contributed by atoms with Crippen molar-refractivity contribution in [3.63, 3.8) is 0 Å². The first-order valence-electron chi connectivity index (χ1n) is 7.77. The van der Waals surface area contributed by atoms with Gasteiger partial charge in [-0.25, -0.2) is 0 Å². The molecule has 0 aliphatic carbocycles. The minimum atomic E-state index is 0.0636. The lowest BCUT2D eigenvalue weighted by Crippen LogP contribution is -2.20. The highest BCUT2D eigenvalue weighted by Crippen LogP contribution is 2.21. The molecule has 1 aliphatic heterocycles.